The van der Waals surface area contributed by atoms with E-state index in [2.05, 4.69) is 16.3 Å². The van der Waals surface area contributed by atoms with Crippen LogP contribution in [0.2, 0.25) is 0 Å². The van der Waals surface area contributed by atoms with Gasteiger partial charge in [0.2, 0.25) is 0 Å². The van der Waals surface area contributed by atoms with Crippen molar-refractivity contribution >= 4 is 21.8 Å². The summed E-state index contributed by atoms with van der Waals surface area (Å²) in [5, 5.41) is 2.55. The number of hydrogen-bond donors (Lipinski definition) is 1. The predicted octanol–water partition coefficient (Wildman–Crippen LogP) is 0.861. The standard InChI is InChI=1S/C15H17N3O4S/c1-4-9-16-15(19)13-10-12(17-23(20,21)18(13)2)11-7-5-6-8-14(11)22-3/h4-8,10H,1,9H2,2-3H3,(H,16,19). The molecule has 2 rings (SSSR count). The molecule has 1 aromatic rings. The molecule has 0 fully saturated rings. The van der Waals surface area contributed by atoms with Gasteiger partial charge in [-0.05, 0) is 18.2 Å². The molecule has 7 nitrogen and oxygen atoms in total. The van der Waals surface area contributed by atoms with Gasteiger partial charge in [-0.3, -0.25) is 4.79 Å². The average molecular weight is 335 g/mol. The quantitative estimate of drug-likeness (QED) is 0.809. The van der Waals surface area contributed by atoms with Crippen LogP contribution in [0.4, 0.5) is 0 Å². The maximum Gasteiger partial charge on any atom is 0.345 e. The van der Waals surface area contributed by atoms with Crippen molar-refractivity contribution in [1.82, 2.24) is 9.62 Å². The summed E-state index contributed by atoms with van der Waals surface area (Å²) in [5.74, 6) is -0.0635. The molecular formula is C15H17N3O4S. The van der Waals surface area contributed by atoms with E-state index < -0.39 is 16.1 Å². The lowest BCUT2D eigenvalue weighted by Crippen LogP contribution is -2.38. The van der Waals surface area contributed by atoms with E-state index in [1.165, 1.54) is 26.3 Å². The summed E-state index contributed by atoms with van der Waals surface area (Å²) >= 11 is 0. The molecule has 1 aromatic carbocycles. The number of para-hydroxylation sites is 1. The number of hydrogen-bond acceptors (Lipinski definition) is 4. The average Bonchev–Trinajstić information content (AvgIpc) is 2.54. The zero-order valence-electron chi connectivity index (χ0n) is 12.8. The Bertz CT molecular complexity index is 797. The SMILES string of the molecule is C=CCNC(=O)C1=CC(c2ccccc2OC)=NS(=O)(=O)N1C. The Labute approximate surface area is 135 Å². The van der Waals surface area contributed by atoms with Crippen molar-refractivity contribution in [1.29, 1.82) is 0 Å². The molecule has 0 unspecified atom stereocenters. The summed E-state index contributed by atoms with van der Waals surface area (Å²) in [7, 11) is -1.24. The molecule has 1 amide bonds. The molecule has 23 heavy (non-hydrogen) atoms. The Morgan fingerprint density at radius 3 is 2.78 bits per heavy atom. The maximum atomic E-state index is 12.2. The number of benzene rings is 1. The number of likely N-dealkylation sites (N-methyl/N-ethyl adjacent to an activating group) is 1. The second-order valence-electron chi connectivity index (χ2n) is 4.65. The number of carbonyl (C=O) groups excluding carboxylic acids is 1. The van der Waals surface area contributed by atoms with Gasteiger partial charge in [0.05, 0.1) is 12.8 Å². The molecule has 1 heterocycles. The van der Waals surface area contributed by atoms with Gasteiger partial charge in [-0.25, -0.2) is 4.31 Å². The number of rotatable bonds is 5. The summed E-state index contributed by atoms with van der Waals surface area (Å²) in [5.41, 5.74) is 0.604. The van der Waals surface area contributed by atoms with Crippen molar-refractivity contribution < 1.29 is 17.9 Å². The van der Waals surface area contributed by atoms with Crippen LogP contribution < -0.4 is 10.1 Å². The first-order chi connectivity index (χ1) is 10.9. The summed E-state index contributed by atoms with van der Waals surface area (Å²) in [6, 6.07) is 6.85. The fourth-order valence-electron chi connectivity index (χ4n) is 2.00. The Morgan fingerprint density at radius 2 is 2.13 bits per heavy atom. The monoisotopic (exact) mass is 335 g/mol. The van der Waals surface area contributed by atoms with Crippen LogP contribution in [0.3, 0.4) is 0 Å². The molecule has 1 N–H and O–H groups in total. The molecule has 0 radical (unpaired) electrons. The van der Waals surface area contributed by atoms with E-state index in [1.807, 2.05) is 0 Å². The van der Waals surface area contributed by atoms with Crippen LogP contribution in [0.1, 0.15) is 5.56 Å². The highest BCUT2D eigenvalue weighted by molar-refractivity contribution is 7.88. The molecule has 1 aliphatic rings. The van der Waals surface area contributed by atoms with E-state index in [9.17, 15) is 13.2 Å². The lowest BCUT2D eigenvalue weighted by molar-refractivity contribution is -0.118. The van der Waals surface area contributed by atoms with Crippen molar-refractivity contribution in [2.45, 2.75) is 0 Å². The minimum atomic E-state index is -3.99. The molecule has 0 atom stereocenters. The van der Waals surface area contributed by atoms with Gasteiger partial charge in [-0.2, -0.15) is 8.42 Å². The van der Waals surface area contributed by atoms with E-state index in [1.54, 1.807) is 24.3 Å². The maximum absolute atomic E-state index is 12.2. The van der Waals surface area contributed by atoms with Gasteiger partial charge < -0.3 is 10.1 Å². The van der Waals surface area contributed by atoms with Crippen molar-refractivity contribution in [3.05, 3.63) is 54.3 Å². The Balaban J connectivity index is 2.52. The van der Waals surface area contributed by atoms with Gasteiger partial charge in [0.15, 0.2) is 0 Å². The molecule has 8 heteroatoms. The second-order valence-corrected chi connectivity index (χ2v) is 6.28. The highest BCUT2D eigenvalue weighted by Crippen LogP contribution is 2.24. The van der Waals surface area contributed by atoms with Crippen LogP contribution >= 0.6 is 0 Å². The van der Waals surface area contributed by atoms with Crippen LogP contribution in [-0.2, 0) is 15.0 Å². The Hall–Kier alpha value is -2.61. The first-order valence-corrected chi connectivity index (χ1v) is 8.13. The fourth-order valence-corrected chi connectivity index (χ4v) is 2.91. The molecule has 0 saturated heterocycles. The first-order valence-electron chi connectivity index (χ1n) is 6.73. The fraction of sp³-hybridized carbons (Fsp3) is 0.200. The number of allylic oxidation sites excluding steroid dienone is 1. The minimum Gasteiger partial charge on any atom is -0.496 e. The summed E-state index contributed by atoms with van der Waals surface area (Å²) in [6.07, 6.45) is 2.92. The van der Waals surface area contributed by atoms with Crippen LogP contribution in [-0.4, -0.2) is 45.0 Å². The van der Waals surface area contributed by atoms with Crippen LogP contribution in [0.5, 0.6) is 5.75 Å². The number of nitrogens with zero attached hydrogens (tertiary/aromatic N) is 2. The van der Waals surface area contributed by atoms with Crippen LogP contribution in [0.15, 0.2) is 53.1 Å². The highest BCUT2D eigenvalue weighted by Gasteiger charge is 2.30. The zero-order valence-corrected chi connectivity index (χ0v) is 13.6. The smallest absolute Gasteiger partial charge is 0.345 e. The Kier molecular flexibility index (Phi) is 4.85. The van der Waals surface area contributed by atoms with Gasteiger partial charge in [0.1, 0.15) is 11.4 Å². The van der Waals surface area contributed by atoms with Gasteiger partial charge in [0, 0.05) is 19.2 Å². The minimum absolute atomic E-state index is 0.0252. The number of nitrogens with one attached hydrogen (secondary N) is 1. The van der Waals surface area contributed by atoms with E-state index in [-0.39, 0.29) is 18.0 Å². The number of methoxy groups -OCH3 is 1. The third-order valence-corrected chi connectivity index (χ3v) is 4.51. The lowest BCUT2D eigenvalue weighted by atomic mass is 10.1. The number of ether oxygens (including phenoxy) is 1. The predicted molar refractivity (Wildman–Crippen MR) is 87.5 cm³/mol. The molecule has 122 valence electrons. The summed E-state index contributed by atoms with van der Waals surface area (Å²) in [6.45, 7) is 3.73. The molecular weight excluding hydrogens is 318 g/mol. The summed E-state index contributed by atoms with van der Waals surface area (Å²) < 4.78 is 34.2. The Morgan fingerprint density at radius 1 is 1.43 bits per heavy atom. The van der Waals surface area contributed by atoms with E-state index in [0.29, 0.717) is 11.3 Å². The number of amides is 1. The topological polar surface area (TPSA) is 88.1 Å². The van der Waals surface area contributed by atoms with Crippen molar-refractivity contribution in [3.63, 3.8) is 0 Å². The lowest BCUT2D eigenvalue weighted by Gasteiger charge is -2.23. The third-order valence-electron chi connectivity index (χ3n) is 3.20. The first kappa shape index (κ1) is 16.8. The van der Waals surface area contributed by atoms with Gasteiger partial charge in [-0.15, -0.1) is 11.0 Å². The van der Waals surface area contributed by atoms with Gasteiger partial charge in [-0.1, -0.05) is 18.2 Å². The third kappa shape index (κ3) is 3.42. The van der Waals surface area contributed by atoms with Crippen molar-refractivity contribution in [2.24, 2.45) is 4.40 Å². The molecule has 0 spiro atoms. The van der Waals surface area contributed by atoms with Crippen molar-refractivity contribution in [3.8, 4) is 5.75 Å². The molecule has 0 aromatic heterocycles. The number of carbonyl (C=O) groups is 1. The summed E-state index contributed by atoms with van der Waals surface area (Å²) in [4.78, 5) is 12.2. The highest BCUT2D eigenvalue weighted by atomic mass is 32.2. The van der Waals surface area contributed by atoms with Crippen LogP contribution in [0, 0.1) is 0 Å². The van der Waals surface area contributed by atoms with Crippen LogP contribution in [0.25, 0.3) is 0 Å². The van der Waals surface area contributed by atoms with Gasteiger partial charge >= 0.3 is 10.2 Å². The molecule has 1 aliphatic heterocycles. The van der Waals surface area contributed by atoms with Crippen molar-refractivity contribution in [2.75, 3.05) is 20.7 Å². The molecule has 0 saturated carbocycles. The normalized spacial score (nSPS) is 16.2. The molecule has 0 aliphatic carbocycles. The molecule has 0 bridgehead atoms. The second kappa shape index (κ2) is 6.66. The van der Waals surface area contributed by atoms with E-state index in [4.69, 9.17) is 4.74 Å². The van der Waals surface area contributed by atoms with E-state index >= 15 is 0 Å². The largest absolute Gasteiger partial charge is 0.496 e. The van der Waals surface area contributed by atoms with E-state index in [0.717, 1.165) is 4.31 Å². The zero-order chi connectivity index (χ0) is 17.0. The van der Waals surface area contributed by atoms with Gasteiger partial charge in [0.25, 0.3) is 5.91 Å².